The normalized spacial score (nSPS) is 19.5. The minimum absolute atomic E-state index is 0. The number of hydrogen-bond acceptors (Lipinski definition) is 3. The van der Waals surface area contributed by atoms with Gasteiger partial charge < -0.3 is 9.80 Å². The predicted molar refractivity (Wildman–Crippen MR) is 691 cm³/mol. The van der Waals surface area contributed by atoms with E-state index in [1.54, 1.807) is 44.8 Å². The Morgan fingerprint density at radius 3 is 0.603 bits per heavy atom. The van der Waals surface area contributed by atoms with Crippen LogP contribution in [-0.4, -0.2) is 48.7 Å². The monoisotopic (exact) mass is 1970 g/mol. The third-order valence-electron chi connectivity index (χ3n) is 25.5. The Balaban J connectivity index is -0.0000000746. The Morgan fingerprint density at radius 2 is 0.404 bits per heavy atom. The average molecular weight is 1970 g/mol. The molecule has 0 spiro atoms. The lowest BCUT2D eigenvalue weighted by atomic mass is 9.91. The first-order valence-corrected chi connectivity index (χ1v) is 55.6. The zero-order valence-electron chi connectivity index (χ0n) is 98.1. The first kappa shape index (κ1) is 176. The molecule has 10 aromatic carbocycles. The molecule has 3 heterocycles. The molecule has 3 aliphatic heterocycles. The van der Waals surface area contributed by atoms with Crippen LogP contribution in [0.15, 0.2) is 170 Å². The molecule has 3 nitrogen and oxygen atoms in total. The highest BCUT2D eigenvalue weighted by Gasteiger charge is 2.41. The molecule has 16 atom stereocenters. The summed E-state index contributed by atoms with van der Waals surface area (Å²) in [6.45, 7) is 121. The lowest BCUT2D eigenvalue weighted by Gasteiger charge is -2.27. The van der Waals surface area contributed by atoms with Gasteiger partial charge in [-0.25, -0.2) is 0 Å². The molecule has 0 aromatic heterocycles. The number of hydrogen-bond donors (Lipinski definition) is 0. The van der Waals surface area contributed by atoms with Crippen LogP contribution in [0.25, 0.3) is 64.6 Å². The van der Waals surface area contributed by atoms with Crippen molar-refractivity contribution >= 4 is 76.0 Å². The van der Waals surface area contributed by atoms with E-state index in [4.69, 9.17) is 0 Å². The fourth-order valence-corrected chi connectivity index (χ4v) is 18.2. The van der Waals surface area contributed by atoms with Gasteiger partial charge in [-0.3, -0.25) is 4.90 Å². The Hall–Kier alpha value is -6.68. The number of fused-ring (bicyclic) bond motifs is 18. The lowest BCUT2D eigenvalue weighted by Crippen LogP contribution is -2.34. The first-order chi connectivity index (χ1) is 63.5. The van der Waals surface area contributed by atoms with Gasteiger partial charge in [0.2, 0.25) is 0 Å². The van der Waals surface area contributed by atoms with Crippen molar-refractivity contribution in [2.75, 3.05) is 29.4 Å². The molecule has 0 N–H and O–H groups in total. The van der Waals surface area contributed by atoms with Crippen LogP contribution >= 0.6 is 0 Å². The van der Waals surface area contributed by atoms with Gasteiger partial charge in [0.05, 0.1) is 0 Å². The third-order valence-corrected chi connectivity index (χ3v) is 25.5. The molecule has 1 saturated heterocycles. The van der Waals surface area contributed by atoms with Gasteiger partial charge in [-0.2, -0.15) is 0 Å². The van der Waals surface area contributed by atoms with Crippen LogP contribution in [-0.2, 0) is 12.8 Å². The van der Waals surface area contributed by atoms with Crippen LogP contribution in [0, 0.1) is 47.3 Å². The Labute approximate surface area is 896 Å². The predicted octanol–water partition coefficient (Wildman–Crippen LogP) is 50.2. The second kappa shape index (κ2) is 108. The summed E-state index contributed by atoms with van der Waals surface area (Å²) in [6, 6.07) is 64.4. The van der Waals surface area contributed by atoms with Crippen molar-refractivity contribution in [2.24, 2.45) is 47.3 Å². The van der Waals surface area contributed by atoms with Crippen LogP contribution in [0.2, 0.25) is 0 Å². The molecule has 16 rings (SSSR count). The maximum absolute atomic E-state index is 2.63. The highest BCUT2D eigenvalue weighted by Crippen LogP contribution is 2.53. The fraction of sp³-hybridized carbons (Fsp3) is 0.652. The van der Waals surface area contributed by atoms with Crippen LogP contribution < -0.4 is 9.80 Å². The van der Waals surface area contributed by atoms with E-state index in [0.717, 1.165) is 84.4 Å². The molecule has 0 bridgehead atoms. The van der Waals surface area contributed by atoms with Crippen molar-refractivity contribution in [3.63, 3.8) is 0 Å². The summed E-state index contributed by atoms with van der Waals surface area (Å²) in [7, 11) is 0. The number of benzene rings is 10. The molecule has 0 unspecified atom stereocenters. The van der Waals surface area contributed by atoms with Crippen molar-refractivity contribution in [3.8, 4) is 0 Å². The second-order valence-corrected chi connectivity index (χ2v) is 32.1. The summed E-state index contributed by atoms with van der Waals surface area (Å²) < 4.78 is 0. The molecule has 10 aromatic rings. The zero-order chi connectivity index (χ0) is 104. The Morgan fingerprint density at radius 1 is 0.206 bits per heavy atom. The SMILES string of the molecule is C.C.C.C.C.C.C.C.C.C.CC.CC.CC.CC.CC.CC.CC.CC.CC.CC.CC.CC.CC.CC.CC.CCC.CCC.CCC.CCN1[C@H](C)[C@H](C)[C@H](C)[C@@H]1C.CCN1c2c(ccc3c2C[C@H](C)[C@@H]3C)[C@H](C)[C@@H]1C.CCN1c2c(ccc3c2[C@H](C)[C@H](C)C3)[C@H](C)[C@@H]1C.C[C@@H]1[C@H](C)[C@H](C)C[C@@H]1C.c1ccc2c(c1)c1ccccc1c1ccccc21.c1ccc2c(c1)c1ccccc1c1ccccc21. The second-order valence-electron chi connectivity index (χ2n) is 32.1. The van der Waals surface area contributed by atoms with Crippen molar-refractivity contribution < 1.29 is 0 Å². The third kappa shape index (κ3) is 49.6. The van der Waals surface area contributed by atoms with Gasteiger partial charge >= 0.3 is 0 Å². The summed E-state index contributed by atoms with van der Waals surface area (Å²) in [5.74, 6) is 9.99. The average Bonchev–Trinajstić information content (AvgIpc) is 1.62. The molecule has 141 heavy (non-hydrogen) atoms. The van der Waals surface area contributed by atoms with E-state index in [9.17, 15) is 0 Å². The number of nitrogens with zero attached hydrogens (tertiary/aromatic N) is 3. The Kier molecular flexibility index (Phi) is 135. The highest BCUT2D eigenvalue weighted by atomic mass is 15.2. The van der Waals surface area contributed by atoms with Crippen LogP contribution in [0.5, 0.6) is 0 Å². The molecule has 1 saturated carbocycles. The number of anilines is 2. The molecule has 834 valence electrons. The smallest absolute Gasteiger partial charge is 0.0442 e. The van der Waals surface area contributed by atoms with Gasteiger partial charge in [0, 0.05) is 60.5 Å². The fourth-order valence-electron chi connectivity index (χ4n) is 18.2. The van der Waals surface area contributed by atoms with E-state index in [-0.39, 0.29) is 74.3 Å². The largest absolute Gasteiger partial charge is 0.368 e. The van der Waals surface area contributed by atoms with Crippen LogP contribution in [0.3, 0.4) is 0 Å². The molecular formula is C138H267N3. The molecule has 6 aliphatic rings. The summed E-state index contributed by atoms with van der Waals surface area (Å²) in [6.07, 6.45) is 7.74. The maximum Gasteiger partial charge on any atom is 0.0442 e. The topological polar surface area (TPSA) is 9.72 Å². The number of likely N-dealkylation sites (N-methyl/N-ethyl adjacent to an activating group) is 2. The van der Waals surface area contributed by atoms with E-state index >= 15 is 0 Å². The van der Waals surface area contributed by atoms with Crippen LogP contribution in [0.4, 0.5) is 11.4 Å². The van der Waals surface area contributed by atoms with Crippen molar-refractivity contribution in [1.29, 1.82) is 0 Å². The van der Waals surface area contributed by atoms with Crippen LogP contribution in [0.1, 0.15) is 538 Å². The standard InChI is InChI=1S/2C18H12.2C17H25N.C10H21N.C9H18.3C3H8.15C2H6.10CH4/c2*1-2-8-14-13(7-1)15-9-3-4-11-17(15)18-12-6-5-10-16(14)18;1-6-18-13(5)12(4)15-8-7-14-11(3)10(2)9-16(14)17(15)18;1-6-18-13(5)12(4)15-8-7-14-9-10(2)11(3)16(14)17(15)18;1-6-11-9(4)7(2)8(3)10(11)5;1-6-5-7(2)9(4)8(6)3;3*1-3-2;15*1-2;;;;;;;;;;/h2*1-12H;2*7-8,10-13H,6,9H2,1-5H3;7-10H,6H2,1-5H3;6-9H,5H2,1-4H3;3*3H2,1-2H3;15*1-2H3;10*1H4/t;;10-,11-,12+,13-;10-,11-,12-,13+;7-,8+,9-,10+;6-,7+,8-,9+;;;;;;;;;;;;;;;;;;;;;;;;;;;;/m..01............................../s1. The van der Waals surface area contributed by atoms with E-state index in [1.807, 2.05) is 208 Å². The first-order valence-electron chi connectivity index (χ1n) is 55.6. The van der Waals surface area contributed by atoms with Gasteiger partial charge in [0.25, 0.3) is 0 Å². The summed E-state index contributed by atoms with van der Waals surface area (Å²) >= 11 is 0. The lowest BCUT2D eigenvalue weighted by molar-refractivity contribution is 0.209. The maximum atomic E-state index is 2.63. The summed E-state index contributed by atoms with van der Waals surface area (Å²) in [5.41, 5.74) is 12.9. The number of likely N-dealkylation sites (tertiary alicyclic amines) is 1. The molecule has 2 fully saturated rings. The molecule has 3 aliphatic carbocycles. The van der Waals surface area contributed by atoms with Crippen molar-refractivity contribution in [1.82, 2.24) is 4.90 Å². The molecule has 3 heteroatoms. The Bertz CT molecular complexity index is 3630. The molecule has 0 amide bonds. The minimum atomic E-state index is 0. The van der Waals surface area contributed by atoms with Gasteiger partial charge in [-0.05, 0) is 225 Å². The van der Waals surface area contributed by atoms with Gasteiger partial charge in [-0.1, -0.05) is 603 Å². The summed E-state index contributed by atoms with van der Waals surface area (Å²) in [5, 5.41) is 16.1. The van der Waals surface area contributed by atoms with Gasteiger partial charge in [0.1, 0.15) is 0 Å². The molecular weight excluding hydrogens is 1700 g/mol. The quantitative estimate of drug-likeness (QED) is 0.163. The van der Waals surface area contributed by atoms with Crippen molar-refractivity contribution in [2.45, 2.75) is 541 Å². The van der Waals surface area contributed by atoms with Crippen molar-refractivity contribution in [3.05, 3.63) is 203 Å². The van der Waals surface area contributed by atoms with E-state index in [2.05, 4.69) is 358 Å². The highest BCUT2D eigenvalue weighted by molar-refractivity contribution is 6.26. The van der Waals surface area contributed by atoms with E-state index in [1.165, 1.54) is 110 Å². The van der Waals surface area contributed by atoms with E-state index in [0.29, 0.717) is 23.9 Å². The molecule has 0 radical (unpaired) electrons. The van der Waals surface area contributed by atoms with Gasteiger partial charge in [0.15, 0.2) is 0 Å². The number of rotatable bonds is 3. The van der Waals surface area contributed by atoms with Gasteiger partial charge in [-0.15, -0.1) is 0 Å². The summed E-state index contributed by atoms with van der Waals surface area (Å²) in [4.78, 5) is 7.87. The van der Waals surface area contributed by atoms with E-state index < -0.39 is 0 Å². The minimum Gasteiger partial charge on any atom is -0.368 e. The zero-order valence-corrected chi connectivity index (χ0v) is 98.1.